The summed E-state index contributed by atoms with van der Waals surface area (Å²) in [6.45, 7) is 6.18. The Morgan fingerprint density at radius 3 is 2.42 bits per heavy atom. The normalized spacial score (nSPS) is 18.0. The van der Waals surface area contributed by atoms with Crippen LogP contribution in [0.2, 0.25) is 0 Å². The molecule has 2 N–H and O–H groups in total. The number of amides is 3. The van der Waals surface area contributed by atoms with E-state index >= 15 is 0 Å². The zero-order chi connectivity index (χ0) is 22.9. The van der Waals surface area contributed by atoms with E-state index in [0.717, 1.165) is 4.90 Å². The molecule has 3 amide bonds. The van der Waals surface area contributed by atoms with Crippen molar-refractivity contribution >= 4 is 23.7 Å². The molecule has 9 heteroatoms. The van der Waals surface area contributed by atoms with Crippen molar-refractivity contribution in [1.29, 1.82) is 5.26 Å². The highest BCUT2D eigenvalue weighted by Gasteiger charge is 2.49. The molecule has 0 radical (unpaired) electrons. The molecule has 160 valence electrons. The molecule has 31 heavy (non-hydrogen) atoms. The lowest BCUT2D eigenvalue weighted by Gasteiger charge is -2.22. The molecule has 1 aliphatic rings. The summed E-state index contributed by atoms with van der Waals surface area (Å²) in [5, 5.41) is 11.6. The van der Waals surface area contributed by atoms with E-state index in [1.54, 1.807) is 52.0 Å². The molecule has 2 heterocycles. The number of ether oxygens (including phenoxy) is 1. The van der Waals surface area contributed by atoms with Gasteiger partial charge in [-0.05, 0) is 51.0 Å². The Balaban J connectivity index is 1.86. The van der Waals surface area contributed by atoms with Gasteiger partial charge in [-0.25, -0.2) is 9.59 Å². The van der Waals surface area contributed by atoms with Gasteiger partial charge in [0.15, 0.2) is 5.78 Å². The number of benzene rings is 1. The van der Waals surface area contributed by atoms with Crippen LogP contribution in [-0.2, 0) is 15.1 Å². The van der Waals surface area contributed by atoms with E-state index in [1.165, 1.54) is 0 Å². The first-order valence-electron chi connectivity index (χ1n) is 9.68. The van der Waals surface area contributed by atoms with Gasteiger partial charge < -0.3 is 15.0 Å². The second kappa shape index (κ2) is 8.07. The van der Waals surface area contributed by atoms with E-state index in [-0.39, 0.29) is 17.9 Å². The first kappa shape index (κ1) is 21.8. The molecule has 1 aromatic carbocycles. The number of aromatic nitrogens is 1. The highest BCUT2D eigenvalue weighted by atomic mass is 16.5. The van der Waals surface area contributed by atoms with E-state index in [9.17, 15) is 19.2 Å². The van der Waals surface area contributed by atoms with Gasteiger partial charge in [0.25, 0.3) is 5.91 Å². The quantitative estimate of drug-likeness (QED) is 0.417. The molecule has 0 spiro atoms. The largest absolute Gasteiger partial charge is 0.461 e. The fourth-order valence-electron chi connectivity index (χ4n) is 3.71. The van der Waals surface area contributed by atoms with E-state index in [0.29, 0.717) is 22.4 Å². The number of H-pyrrole nitrogens is 1. The van der Waals surface area contributed by atoms with Crippen molar-refractivity contribution in [1.82, 2.24) is 15.2 Å². The smallest absolute Gasteiger partial charge is 0.355 e. The van der Waals surface area contributed by atoms with Crippen LogP contribution in [0.1, 0.15) is 57.1 Å². The van der Waals surface area contributed by atoms with Crippen molar-refractivity contribution in [3.63, 3.8) is 0 Å². The van der Waals surface area contributed by atoms with Gasteiger partial charge in [-0.1, -0.05) is 12.1 Å². The maximum Gasteiger partial charge on any atom is 0.355 e. The molecule has 1 saturated heterocycles. The fourth-order valence-corrected chi connectivity index (χ4v) is 3.71. The summed E-state index contributed by atoms with van der Waals surface area (Å²) in [7, 11) is 0. The summed E-state index contributed by atoms with van der Waals surface area (Å²) < 4.78 is 4.99. The first-order valence-corrected chi connectivity index (χ1v) is 9.68. The van der Waals surface area contributed by atoms with Gasteiger partial charge >= 0.3 is 12.0 Å². The molecular weight excluding hydrogens is 400 g/mol. The van der Waals surface area contributed by atoms with Crippen LogP contribution in [0, 0.1) is 25.2 Å². The van der Waals surface area contributed by atoms with Gasteiger partial charge in [0.1, 0.15) is 11.2 Å². The molecule has 1 fully saturated rings. The van der Waals surface area contributed by atoms with Crippen molar-refractivity contribution in [3.8, 4) is 6.07 Å². The summed E-state index contributed by atoms with van der Waals surface area (Å²) in [6.07, 6.45) is 0. The Kier molecular flexibility index (Phi) is 5.66. The Bertz CT molecular complexity index is 1130. The number of hydrogen-bond acceptors (Lipinski definition) is 6. The molecule has 0 bridgehead atoms. The van der Waals surface area contributed by atoms with Crippen LogP contribution in [0.15, 0.2) is 24.3 Å². The molecular formula is C22H22N4O5. The number of imide groups is 1. The molecule has 1 unspecified atom stereocenters. The number of urea groups is 1. The monoisotopic (exact) mass is 422 g/mol. The molecule has 2 aromatic rings. The molecule has 1 atom stereocenters. The lowest BCUT2D eigenvalue weighted by molar-refractivity contribution is -0.130. The maximum absolute atomic E-state index is 13.1. The number of rotatable bonds is 6. The van der Waals surface area contributed by atoms with Crippen LogP contribution in [0.3, 0.4) is 0 Å². The summed E-state index contributed by atoms with van der Waals surface area (Å²) in [6, 6.07) is 7.59. The summed E-state index contributed by atoms with van der Waals surface area (Å²) in [5.74, 6) is -1.63. The number of aromatic amines is 1. The van der Waals surface area contributed by atoms with Crippen molar-refractivity contribution in [3.05, 3.63) is 57.9 Å². The van der Waals surface area contributed by atoms with Crippen LogP contribution in [-0.4, -0.2) is 46.7 Å². The van der Waals surface area contributed by atoms with Crippen LogP contribution < -0.4 is 5.32 Å². The molecule has 0 aliphatic carbocycles. The number of nitriles is 1. The predicted octanol–water partition coefficient (Wildman–Crippen LogP) is 2.33. The molecule has 0 saturated carbocycles. The van der Waals surface area contributed by atoms with Crippen molar-refractivity contribution in [2.45, 2.75) is 33.2 Å². The summed E-state index contributed by atoms with van der Waals surface area (Å²) >= 11 is 0. The SMILES string of the molecule is CCOC(=O)c1[nH]c(C)c(C(=O)CN2C(=O)NC(C)(c3ccc(C#N)cc3)C2=O)c1C. The highest BCUT2D eigenvalue weighted by molar-refractivity contribution is 6.12. The number of ketones is 1. The average Bonchev–Trinajstić information content (AvgIpc) is 3.16. The van der Waals surface area contributed by atoms with Gasteiger partial charge in [-0.2, -0.15) is 5.26 Å². The Morgan fingerprint density at radius 1 is 1.19 bits per heavy atom. The minimum absolute atomic E-state index is 0.169. The number of esters is 1. The number of carbonyl (C=O) groups excluding carboxylic acids is 4. The average molecular weight is 422 g/mol. The lowest BCUT2D eigenvalue weighted by Crippen LogP contribution is -2.41. The van der Waals surface area contributed by atoms with Crippen LogP contribution in [0.25, 0.3) is 0 Å². The summed E-state index contributed by atoms with van der Waals surface area (Å²) in [4.78, 5) is 54.4. The number of nitrogens with zero attached hydrogens (tertiary/aromatic N) is 2. The number of hydrogen-bond donors (Lipinski definition) is 2. The first-order chi connectivity index (χ1) is 14.6. The van der Waals surface area contributed by atoms with Gasteiger partial charge in [-0.3, -0.25) is 14.5 Å². The topological polar surface area (TPSA) is 132 Å². The van der Waals surface area contributed by atoms with E-state index in [4.69, 9.17) is 10.00 Å². The van der Waals surface area contributed by atoms with Crippen molar-refractivity contribution in [2.75, 3.05) is 13.2 Å². The Morgan fingerprint density at radius 2 is 1.84 bits per heavy atom. The fraction of sp³-hybridized carbons (Fsp3) is 0.318. The maximum atomic E-state index is 13.1. The third kappa shape index (κ3) is 3.68. The van der Waals surface area contributed by atoms with Crippen LogP contribution >= 0.6 is 0 Å². The standard InChI is InChI=1S/C22H22N4O5/c1-5-31-19(28)18-12(2)17(13(3)24-18)16(27)11-26-20(29)22(4,25-21(26)30)15-8-6-14(10-23)7-9-15/h6-9,24H,5,11H2,1-4H3,(H,25,30). The third-order valence-corrected chi connectivity index (χ3v) is 5.36. The van der Waals surface area contributed by atoms with Crippen LogP contribution in [0.4, 0.5) is 4.79 Å². The van der Waals surface area contributed by atoms with E-state index in [1.807, 2.05) is 6.07 Å². The van der Waals surface area contributed by atoms with Gasteiger partial charge in [0, 0.05) is 11.3 Å². The third-order valence-electron chi connectivity index (χ3n) is 5.36. The number of carbonyl (C=O) groups is 4. The lowest BCUT2D eigenvalue weighted by atomic mass is 9.91. The summed E-state index contributed by atoms with van der Waals surface area (Å²) in [5.41, 5.74) is 0.836. The highest BCUT2D eigenvalue weighted by Crippen LogP contribution is 2.29. The van der Waals surface area contributed by atoms with Crippen LogP contribution in [0.5, 0.6) is 0 Å². The molecule has 1 aliphatic heterocycles. The molecule has 3 rings (SSSR count). The second-order valence-corrected chi connectivity index (χ2v) is 7.40. The van der Waals surface area contributed by atoms with Gasteiger partial charge in [-0.15, -0.1) is 0 Å². The molecule has 9 nitrogen and oxygen atoms in total. The van der Waals surface area contributed by atoms with Crippen molar-refractivity contribution < 1.29 is 23.9 Å². The van der Waals surface area contributed by atoms with Gasteiger partial charge in [0.05, 0.1) is 24.8 Å². The van der Waals surface area contributed by atoms with Gasteiger partial charge in [0.2, 0.25) is 0 Å². The zero-order valence-electron chi connectivity index (χ0n) is 17.7. The number of aryl methyl sites for hydroxylation is 1. The zero-order valence-corrected chi connectivity index (χ0v) is 17.7. The predicted molar refractivity (Wildman–Crippen MR) is 109 cm³/mol. The Hall–Kier alpha value is -3.93. The number of nitrogens with one attached hydrogen (secondary N) is 2. The van der Waals surface area contributed by atoms with E-state index < -0.39 is 35.8 Å². The van der Waals surface area contributed by atoms with E-state index in [2.05, 4.69) is 10.3 Å². The molecule has 1 aromatic heterocycles. The second-order valence-electron chi connectivity index (χ2n) is 7.40. The minimum Gasteiger partial charge on any atom is -0.461 e. The minimum atomic E-state index is -1.36. The van der Waals surface area contributed by atoms with Crippen molar-refractivity contribution in [2.24, 2.45) is 0 Å². The Labute approximate surface area is 179 Å². The number of Topliss-reactive ketones (excluding diaryl/α,β-unsaturated/α-hetero) is 1.